The van der Waals surface area contributed by atoms with Gasteiger partial charge in [-0.25, -0.2) is 0 Å². The van der Waals surface area contributed by atoms with E-state index in [0.717, 1.165) is 0 Å². The highest BCUT2D eigenvalue weighted by Gasteiger charge is 2.13. The van der Waals surface area contributed by atoms with E-state index in [1.165, 1.54) is 7.11 Å². The van der Waals surface area contributed by atoms with E-state index in [1.807, 2.05) is 6.07 Å². The fourth-order valence-electron chi connectivity index (χ4n) is 1.26. The molecule has 3 heteroatoms. The lowest BCUT2D eigenvalue weighted by Crippen LogP contribution is -2.01. The van der Waals surface area contributed by atoms with Gasteiger partial charge in [-0.05, 0) is 12.1 Å². The van der Waals surface area contributed by atoms with Crippen molar-refractivity contribution < 1.29 is 9.53 Å². The topological polar surface area (TPSA) is 50.1 Å². The lowest BCUT2D eigenvalue weighted by Gasteiger charge is -2.07. The summed E-state index contributed by atoms with van der Waals surface area (Å²) in [5.74, 6) is 0.362. The minimum Gasteiger partial charge on any atom is -0.495 e. The van der Waals surface area contributed by atoms with Crippen LogP contribution in [0, 0.1) is 11.3 Å². The molecule has 0 saturated carbocycles. The standard InChI is InChI=1S/C11H11NO2/c1-3-10(13)9-6-4-5-8(7-12)11(9)14-2/h4-6H,3H2,1-2H3. The predicted molar refractivity (Wildman–Crippen MR) is 52.3 cm³/mol. The summed E-state index contributed by atoms with van der Waals surface area (Å²) in [7, 11) is 1.46. The van der Waals surface area contributed by atoms with Crippen LogP contribution in [0.4, 0.5) is 0 Å². The number of hydrogen-bond donors (Lipinski definition) is 0. The highest BCUT2D eigenvalue weighted by Crippen LogP contribution is 2.24. The van der Waals surface area contributed by atoms with Gasteiger partial charge in [0, 0.05) is 6.42 Å². The van der Waals surface area contributed by atoms with Crippen molar-refractivity contribution in [3.63, 3.8) is 0 Å². The van der Waals surface area contributed by atoms with Crippen molar-refractivity contribution in [1.29, 1.82) is 5.26 Å². The van der Waals surface area contributed by atoms with Gasteiger partial charge in [0.15, 0.2) is 5.78 Å². The monoisotopic (exact) mass is 189 g/mol. The maximum atomic E-state index is 11.5. The van der Waals surface area contributed by atoms with E-state index in [0.29, 0.717) is 23.3 Å². The molecular formula is C11H11NO2. The van der Waals surface area contributed by atoms with Crippen LogP contribution in [0.25, 0.3) is 0 Å². The molecule has 1 aromatic carbocycles. The summed E-state index contributed by atoms with van der Waals surface area (Å²) in [6.07, 6.45) is 0.408. The average Bonchev–Trinajstić information content (AvgIpc) is 2.26. The quantitative estimate of drug-likeness (QED) is 0.684. The number of methoxy groups -OCH3 is 1. The van der Waals surface area contributed by atoms with Gasteiger partial charge in [0.25, 0.3) is 0 Å². The van der Waals surface area contributed by atoms with Crippen LogP contribution in [0.1, 0.15) is 29.3 Å². The Balaban J connectivity index is 3.31. The third kappa shape index (κ3) is 1.74. The van der Waals surface area contributed by atoms with Gasteiger partial charge in [0.2, 0.25) is 0 Å². The average molecular weight is 189 g/mol. The molecule has 0 aliphatic heterocycles. The fraction of sp³-hybridized carbons (Fsp3) is 0.273. The van der Waals surface area contributed by atoms with E-state index in [1.54, 1.807) is 25.1 Å². The van der Waals surface area contributed by atoms with Crippen LogP contribution in [0.15, 0.2) is 18.2 Å². The number of nitriles is 1. The van der Waals surface area contributed by atoms with Gasteiger partial charge in [-0.1, -0.05) is 13.0 Å². The molecule has 0 atom stereocenters. The summed E-state index contributed by atoms with van der Waals surface area (Å²) in [4.78, 5) is 11.5. The molecule has 0 saturated heterocycles. The van der Waals surface area contributed by atoms with E-state index in [9.17, 15) is 4.79 Å². The number of benzene rings is 1. The van der Waals surface area contributed by atoms with Crippen molar-refractivity contribution in [2.75, 3.05) is 7.11 Å². The first-order valence-electron chi connectivity index (χ1n) is 4.34. The summed E-state index contributed by atoms with van der Waals surface area (Å²) in [6.45, 7) is 1.78. The molecule has 0 aliphatic rings. The summed E-state index contributed by atoms with van der Waals surface area (Å²) < 4.78 is 5.05. The zero-order valence-corrected chi connectivity index (χ0v) is 8.20. The molecule has 0 N–H and O–H groups in total. The van der Waals surface area contributed by atoms with Gasteiger partial charge in [-0.2, -0.15) is 5.26 Å². The summed E-state index contributed by atoms with van der Waals surface area (Å²) in [6, 6.07) is 6.98. The summed E-state index contributed by atoms with van der Waals surface area (Å²) >= 11 is 0. The lowest BCUT2D eigenvalue weighted by molar-refractivity contribution is 0.0985. The largest absolute Gasteiger partial charge is 0.495 e. The van der Waals surface area contributed by atoms with Crippen molar-refractivity contribution >= 4 is 5.78 Å². The van der Waals surface area contributed by atoms with E-state index >= 15 is 0 Å². The van der Waals surface area contributed by atoms with Crippen molar-refractivity contribution in [1.82, 2.24) is 0 Å². The molecule has 0 spiro atoms. The zero-order chi connectivity index (χ0) is 10.6. The number of nitrogens with zero attached hydrogens (tertiary/aromatic N) is 1. The van der Waals surface area contributed by atoms with Crippen molar-refractivity contribution in [3.05, 3.63) is 29.3 Å². The van der Waals surface area contributed by atoms with Gasteiger partial charge in [0.05, 0.1) is 18.2 Å². The Morgan fingerprint density at radius 3 is 2.79 bits per heavy atom. The second-order valence-corrected chi connectivity index (χ2v) is 2.77. The SMILES string of the molecule is CCC(=O)c1cccc(C#N)c1OC. The normalized spacial score (nSPS) is 9.21. The van der Waals surface area contributed by atoms with E-state index in [4.69, 9.17) is 10.00 Å². The van der Waals surface area contributed by atoms with Gasteiger partial charge in [0.1, 0.15) is 11.8 Å². The summed E-state index contributed by atoms with van der Waals surface area (Å²) in [5.41, 5.74) is 0.876. The molecule has 72 valence electrons. The number of carbonyl (C=O) groups is 1. The summed E-state index contributed by atoms with van der Waals surface area (Å²) in [5, 5.41) is 8.79. The maximum absolute atomic E-state index is 11.5. The number of carbonyl (C=O) groups excluding carboxylic acids is 1. The second kappa shape index (κ2) is 4.43. The highest BCUT2D eigenvalue weighted by molar-refractivity contribution is 5.99. The van der Waals surface area contributed by atoms with Gasteiger partial charge >= 0.3 is 0 Å². The van der Waals surface area contributed by atoms with Crippen LogP contribution in [-0.2, 0) is 0 Å². The number of ketones is 1. The first-order chi connectivity index (χ1) is 6.74. The van der Waals surface area contributed by atoms with Crippen molar-refractivity contribution in [2.24, 2.45) is 0 Å². The molecule has 0 radical (unpaired) electrons. The number of Topliss-reactive ketones (excluding diaryl/α,β-unsaturated/α-hetero) is 1. The minimum atomic E-state index is -0.0149. The minimum absolute atomic E-state index is 0.0149. The van der Waals surface area contributed by atoms with Crippen molar-refractivity contribution in [3.8, 4) is 11.8 Å². The Bertz CT molecular complexity index is 391. The third-order valence-electron chi connectivity index (χ3n) is 1.96. The third-order valence-corrected chi connectivity index (χ3v) is 1.96. The van der Waals surface area contributed by atoms with Crippen LogP contribution in [-0.4, -0.2) is 12.9 Å². The molecule has 0 unspecified atom stereocenters. The Labute approximate surface area is 82.9 Å². The molecule has 0 bridgehead atoms. The maximum Gasteiger partial charge on any atom is 0.166 e. The van der Waals surface area contributed by atoms with Crippen molar-refractivity contribution in [2.45, 2.75) is 13.3 Å². The Morgan fingerprint density at radius 2 is 2.29 bits per heavy atom. The predicted octanol–water partition coefficient (Wildman–Crippen LogP) is 2.16. The molecule has 0 aliphatic carbocycles. The number of hydrogen-bond acceptors (Lipinski definition) is 3. The molecule has 1 rings (SSSR count). The second-order valence-electron chi connectivity index (χ2n) is 2.77. The molecule has 0 fully saturated rings. The first kappa shape index (κ1) is 10.3. The molecular weight excluding hydrogens is 178 g/mol. The number of para-hydroxylation sites is 1. The van der Waals surface area contributed by atoms with Gasteiger partial charge in [-0.15, -0.1) is 0 Å². The van der Waals surface area contributed by atoms with Gasteiger partial charge in [-0.3, -0.25) is 4.79 Å². The van der Waals surface area contributed by atoms with Crippen LogP contribution < -0.4 is 4.74 Å². The fourth-order valence-corrected chi connectivity index (χ4v) is 1.26. The van der Waals surface area contributed by atoms with Crippen LogP contribution in [0.3, 0.4) is 0 Å². The number of ether oxygens (including phenoxy) is 1. The van der Waals surface area contributed by atoms with E-state index in [2.05, 4.69) is 0 Å². The molecule has 1 aromatic rings. The Morgan fingerprint density at radius 1 is 1.57 bits per heavy atom. The number of rotatable bonds is 3. The molecule has 0 amide bonds. The molecule has 0 aromatic heterocycles. The van der Waals surface area contributed by atoms with Crippen LogP contribution >= 0.6 is 0 Å². The Kier molecular flexibility index (Phi) is 3.24. The first-order valence-corrected chi connectivity index (χ1v) is 4.34. The van der Waals surface area contributed by atoms with Crippen LogP contribution in [0.2, 0.25) is 0 Å². The molecule has 14 heavy (non-hydrogen) atoms. The van der Waals surface area contributed by atoms with Gasteiger partial charge < -0.3 is 4.74 Å². The highest BCUT2D eigenvalue weighted by atomic mass is 16.5. The van der Waals surface area contributed by atoms with E-state index < -0.39 is 0 Å². The smallest absolute Gasteiger partial charge is 0.166 e. The molecule has 0 heterocycles. The van der Waals surface area contributed by atoms with Crippen LogP contribution in [0.5, 0.6) is 5.75 Å². The Hall–Kier alpha value is -1.82. The lowest BCUT2D eigenvalue weighted by atomic mass is 10.0. The zero-order valence-electron chi connectivity index (χ0n) is 8.20. The molecule has 3 nitrogen and oxygen atoms in total. The van der Waals surface area contributed by atoms with E-state index in [-0.39, 0.29) is 5.78 Å².